The molecule has 1 N–H and O–H groups in total. The Balaban J connectivity index is 1.33. The number of rotatable bonds is 6. The molecule has 0 aromatic heterocycles. The van der Waals surface area contributed by atoms with Crippen LogP contribution in [0, 0.1) is 5.92 Å². The van der Waals surface area contributed by atoms with Gasteiger partial charge in [0.2, 0.25) is 11.8 Å². The molecule has 3 saturated heterocycles. The molecule has 4 heterocycles. The Hall–Kier alpha value is -3.23. The number of ether oxygens (including phenoxy) is 1. The number of likely N-dealkylation sites (tertiary alicyclic amines) is 1. The number of nitrogens with zero attached hydrogens (tertiary/aromatic N) is 3. The summed E-state index contributed by atoms with van der Waals surface area (Å²) in [5.41, 5.74) is 2.18. The number of aliphatic hydroxyl groups excluding tert-OH is 1. The van der Waals surface area contributed by atoms with E-state index in [1.165, 1.54) is 0 Å². The van der Waals surface area contributed by atoms with Gasteiger partial charge in [-0.05, 0) is 43.0 Å². The van der Waals surface area contributed by atoms with Gasteiger partial charge in [0.25, 0.3) is 5.91 Å². The molecule has 0 radical (unpaired) electrons. The average Bonchev–Trinajstić information content (AvgIpc) is 3.56. The van der Waals surface area contributed by atoms with E-state index >= 15 is 0 Å². The maximum absolute atomic E-state index is 14.2. The molecule has 0 unspecified atom stereocenters. The highest BCUT2D eigenvalue weighted by molar-refractivity contribution is 6.08. The monoisotopic (exact) mass is 503 g/mol. The van der Waals surface area contributed by atoms with Crippen molar-refractivity contribution in [3.8, 4) is 0 Å². The zero-order valence-corrected chi connectivity index (χ0v) is 21.1. The predicted octanol–water partition coefficient (Wildman–Crippen LogP) is 2.96. The lowest BCUT2D eigenvalue weighted by Gasteiger charge is -2.32. The minimum atomic E-state index is -1.19. The largest absolute Gasteiger partial charge is 0.394 e. The molecule has 6 rings (SSSR count). The number of hydrogen-bond donors (Lipinski definition) is 1. The molecule has 37 heavy (non-hydrogen) atoms. The summed E-state index contributed by atoms with van der Waals surface area (Å²) >= 11 is 0. The number of anilines is 2. The van der Waals surface area contributed by atoms with Crippen LogP contribution >= 0.6 is 0 Å². The number of β-lactam (4-membered cyclic amide) rings is 1. The van der Waals surface area contributed by atoms with Crippen molar-refractivity contribution < 1.29 is 24.2 Å². The summed E-state index contributed by atoms with van der Waals surface area (Å²) in [6.07, 6.45) is 2.61. The first-order valence-electron chi connectivity index (χ1n) is 13.3. The lowest BCUT2D eigenvalue weighted by atomic mass is 9.82. The Kier molecular flexibility index (Phi) is 6.04. The van der Waals surface area contributed by atoms with Gasteiger partial charge in [-0.3, -0.25) is 14.4 Å². The Bertz CT molecular complexity index is 1230. The summed E-state index contributed by atoms with van der Waals surface area (Å²) in [5.74, 6) is -0.216. The lowest BCUT2D eigenvalue weighted by Crippen LogP contribution is -2.45. The first kappa shape index (κ1) is 24.1. The second-order valence-corrected chi connectivity index (χ2v) is 10.8. The number of carbonyl (C=O) groups is 3. The van der Waals surface area contributed by atoms with Crippen LogP contribution in [0.5, 0.6) is 0 Å². The van der Waals surface area contributed by atoms with Crippen molar-refractivity contribution in [3.05, 3.63) is 59.7 Å². The van der Waals surface area contributed by atoms with E-state index in [9.17, 15) is 19.5 Å². The molecular weight excluding hydrogens is 470 g/mol. The van der Waals surface area contributed by atoms with Crippen molar-refractivity contribution >= 4 is 29.1 Å². The number of amides is 3. The molecule has 8 nitrogen and oxygen atoms in total. The zero-order chi connectivity index (χ0) is 25.7. The van der Waals surface area contributed by atoms with Gasteiger partial charge in [0.15, 0.2) is 5.60 Å². The van der Waals surface area contributed by atoms with Crippen LogP contribution in [0.1, 0.15) is 50.2 Å². The first-order valence-corrected chi connectivity index (χ1v) is 13.3. The van der Waals surface area contributed by atoms with Gasteiger partial charge in [-0.15, -0.1) is 0 Å². The van der Waals surface area contributed by atoms with Gasteiger partial charge in [0, 0.05) is 36.7 Å². The minimum absolute atomic E-state index is 0.0301. The Labute approximate surface area is 216 Å². The summed E-state index contributed by atoms with van der Waals surface area (Å²) in [7, 11) is 0. The molecule has 2 aromatic rings. The van der Waals surface area contributed by atoms with Crippen molar-refractivity contribution in [1.82, 2.24) is 4.90 Å². The number of benzene rings is 2. The van der Waals surface area contributed by atoms with Crippen LogP contribution in [0.25, 0.3) is 0 Å². The van der Waals surface area contributed by atoms with Crippen molar-refractivity contribution in [2.24, 2.45) is 5.92 Å². The predicted molar refractivity (Wildman–Crippen MR) is 138 cm³/mol. The molecule has 4 atom stereocenters. The maximum atomic E-state index is 14.2. The summed E-state index contributed by atoms with van der Waals surface area (Å²) in [5, 5.41) is 9.66. The van der Waals surface area contributed by atoms with Crippen LogP contribution < -0.4 is 9.80 Å². The van der Waals surface area contributed by atoms with Crippen LogP contribution in [0.3, 0.4) is 0 Å². The third kappa shape index (κ3) is 3.85. The third-order valence-corrected chi connectivity index (χ3v) is 8.55. The molecule has 3 amide bonds. The van der Waals surface area contributed by atoms with E-state index in [-0.39, 0.29) is 42.7 Å². The van der Waals surface area contributed by atoms with Gasteiger partial charge >= 0.3 is 0 Å². The van der Waals surface area contributed by atoms with Crippen molar-refractivity contribution in [3.63, 3.8) is 0 Å². The van der Waals surface area contributed by atoms with E-state index in [1.54, 1.807) is 14.7 Å². The second-order valence-electron chi connectivity index (χ2n) is 10.8. The van der Waals surface area contributed by atoms with E-state index < -0.39 is 11.7 Å². The van der Waals surface area contributed by atoms with E-state index in [4.69, 9.17) is 4.74 Å². The average molecular weight is 504 g/mol. The van der Waals surface area contributed by atoms with Crippen LogP contribution in [0.4, 0.5) is 11.4 Å². The summed E-state index contributed by atoms with van der Waals surface area (Å²) in [4.78, 5) is 44.8. The Morgan fingerprint density at radius 1 is 1.14 bits per heavy atom. The molecule has 3 fully saturated rings. The number of fused-ring (bicyclic) bond motifs is 2. The van der Waals surface area contributed by atoms with E-state index in [0.717, 1.165) is 35.3 Å². The molecule has 0 aliphatic carbocycles. The van der Waals surface area contributed by atoms with Crippen LogP contribution in [0.2, 0.25) is 0 Å². The Morgan fingerprint density at radius 2 is 1.95 bits per heavy atom. The highest BCUT2D eigenvalue weighted by Gasteiger charge is 2.60. The highest BCUT2D eigenvalue weighted by Crippen LogP contribution is 2.54. The smallest absolute Gasteiger partial charge is 0.264 e. The summed E-state index contributed by atoms with van der Waals surface area (Å²) in [6, 6.07) is 15.5. The molecule has 4 aliphatic rings. The van der Waals surface area contributed by atoms with Gasteiger partial charge in [-0.1, -0.05) is 37.3 Å². The quantitative estimate of drug-likeness (QED) is 0.613. The van der Waals surface area contributed by atoms with Crippen LogP contribution in [-0.2, 0) is 31.3 Å². The van der Waals surface area contributed by atoms with Crippen molar-refractivity contribution in [2.75, 3.05) is 29.5 Å². The minimum Gasteiger partial charge on any atom is -0.394 e. The number of hydrogen-bond acceptors (Lipinski definition) is 5. The fourth-order valence-electron chi connectivity index (χ4n) is 6.53. The normalized spacial score (nSPS) is 28.8. The topological polar surface area (TPSA) is 90.4 Å². The number of carbonyl (C=O) groups excluding carboxylic acids is 3. The molecule has 8 heteroatoms. The molecule has 2 aromatic carbocycles. The molecule has 0 bridgehead atoms. The van der Waals surface area contributed by atoms with Gasteiger partial charge < -0.3 is 24.5 Å². The zero-order valence-electron chi connectivity index (χ0n) is 21.1. The second kappa shape index (κ2) is 9.26. The summed E-state index contributed by atoms with van der Waals surface area (Å²) < 4.78 is 6.64. The SMILES string of the molecule is C[C@@H]1C[C@H](CC(=O)N2CCC[C@H]2CO)O[C@@]12C(=O)N(Cc1ccccc1)c1ccc(N3CCC3=O)cc12. The Morgan fingerprint density at radius 3 is 2.65 bits per heavy atom. The first-order chi connectivity index (χ1) is 17.9. The van der Waals surface area contributed by atoms with Crippen molar-refractivity contribution in [2.45, 2.75) is 63.3 Å². The summed E-state index contributed by atoms with van der Waals surface area (Å²) in [6.45, 7) is 3.73. The maximum Gasteiger partial charge on any atom is 0.264 e. The molecular formula is C29H33N3O5. The van der Waals surface area contributed by atoms with E-state index in [2.05, 4.69) is 0 Å². The van der Waals surface area contributed by atoms with Gasteiger partial charge in [-0.25, -0.2) is 0 Å². The fraction of sp³-hybridized carbons (Fsp3) is 0.483. The van der Waals surface area contributed by atoms with Gasteiger partial charge in [0.05, 0.1) is 37.4 Å². The van der Waals surface area contributed by atoms with Gasteiger partial charge in [-0.2, -0.15) is 0 Å². The number of aliphatic hydroxyl groups is 1. The van der Waals surface area contributed by atoms with Crippen molar-refractivity contribution in [1.29, 1.82) is 0 Å². The van der Waals surface area contributed by atoms with E-state index in [1.807, 2.05) is 55.5 Å². The fourth-order valence-corrected chi connectivity index (χ4v) is 6.53. The molecule has 194 valence electrons. The lowest BCUT2D eigenvalue weighted by molar-refractivity contribution is -0.150. The highest BCUT2D eigenvalue weighted by atomic mass is 16.5. The third-order valence-electron chi connectivity index (χ3n) is 8.55. The van der Waals surface area contributed by atoms with E-state index in [0.29, 0.717) is 32.5 Å². The molecule has 0 saturated carbocycles. The standard InChI is InChI=1S/C29H33N3O5/c1-19-14-23(16-27(35)30-12-5-8-22(30)18-33)37-29(19)24-15-21(31-13-11-26(31)34)9-10-25(24)32(28(29)36)17-20-6-3-2-4-7-20/h2-4,6-7,9-10,15,19,22-23,33H,5,8,11-14,16-18H2,1H3/t19-,22+,23-,29+/m1/s1. The molecule has 1 spiro atoms. The van der Waals surface area contributed by atoms with Gasteiger partial charge in [0.1, 0.15) is 0 Å². The van der Waals surface area contributed by atoms with Crippen LogP contribution in [-0.4, -0.2) is 59.6 Å². The van der Waals surface area contributed by atoms with Crippen LogP contribution in [0.15, 0.2) is 48.5 Å². The molecule has 4 aliphatic heterocycles.